The molecule has 0 saturated heterocycles. The van der Waals surface area contributed by atoms with Gasteiger partial charge < -0.3 is 0 Å². The summed E-state index contributed by atoms with van der Waals surface area (Å²) < 4.78 is 19.2. The highest BCUT2D eigenvalue weighted by atomic mass is 79.9. The molecule has 1 N–H and O–H groups in total. The molecule has 1 rings (SSSR count). The van der Waals surface area contributed by atoms with Gasteiger partial charge in [-0.3, -0.25) is 0 Å². The van der Waals surface area contributed by atoms with Gasteiger partial charge in [0.1, 0.15) is 9.92 Å². The smallest absolute Gasteiger partial charge is 0.109 e. The Balaban J connectivity index is 3.06. The summed E-state index contributed by atoms with van der Waals surface area (Å²) in [4.78, 5) is 0. The number of nitrogens with zero attached hydrogens (tertiary/aromatic N) is 1. The van der Waals surface area contributed by atoms with Crippen LogP contribution in [0.2, 0.25) is 0 Å². The van der Waals surface area contributed by atoms with Gasteiger partial charge >= 0.3 is 0 Å². The van der Waals surface area contributed by atoms with E-state index in [-0.39, 0.29) is 0 Å². The van der Waals surface area contributed by atoms with E-state index in [1.54, 1.807) is 13.3 Å². The average molecular weight is 263 g/mol. The summed E-state index contributed by atoms with van der Waals surface area (Å²) in [6.45, 7) is 0. The van der Waals surface area contributed by atoms with Crippen LogP contribution in [-0.2, 0) is 9.92 Å². The van der Waals surface area contributed by atoms with Crippen molar-refractivity contribution in [1.82, 2.24) is 4.72 Å². The van der Waals surface area contributed by atoms with Gasteiger partial charge in [0.25, 0.3) is 0 Å². The summed E-state index contributed by atoms with van der Waals surface area (Å²) in [5.41, 5.74) is 0.713. The van der Waals surface area contributed by atoms with E-state index in [1.807, 2.05) is 24.3 Å². The van der Waals surface area contributed by atoms with E-state index >= 15 is 0 Å². The number of nitrogens with one attached hydrogen (secondary N) is 1. The van der Waals surface area contributed by atoms with Crippen LogP contribution in [0.3, 0.4) is 0 Å². The molecule has 0 bridgehead atoms. The van der Waals surface area contributed by atoms with E-state index in [9.17, 15) is 4.21 Å². The second kappa shape index (κ2) is 4.21. The van der Waals surface area contributed by atoms with Gasteiger partial charge in [-0.25, -0.2) is 8.93 Å². The summed E-state index contributed by atoms with van der Waals surface area (Å²) in [7, 11) is -0.646. The molecule has 0 aromatic heterocycles. The maximum atomic E-state index is 11.5. The van der Waals surface area contributed by atoms with Gasteiger partial charge in [0.05, 0.1) is 5.69 Å². The lowest BCUT2D eigenvalue weighted by Gasteiger charge is -2.00. The molecule has 13 heavy (non-hydrogen) atoms. The lowest BCUT2D eigenvalue weighted by Crippen LogP contribution is -2.15. The van der Waals surface area contributed by atoms with Gasteiger partial charge in [-0.05, 0) is 31.3 Å². The van der Waals surface area contributed by atoms with Gasteiger partial charge in [-0.15, -0.1) is 0 Å². The molecule has 0 radical (unpaired) electrons. The zero-order valence-electron chi connectivity index (χ0n) is 7.45. The molecule has 0 amide bonds. The number of rotatable bonds is 2. The topological polar surface area (TPSA) is 41.5 Å². The quantitative estimate of drug-likeness (QED) is 0.874. The summed E-state index contributed by atoms with van der Waals surface area (Å²) in [5, 5.41) is 0. The van der Waals surface area contributed by atoms with E-state index < -0.39 is 9.92 Å². The van der Waals surface area contributed by atoms with Crippen molar-refractivity contribution in [3.05, 3.63) is 28.7 Å². The highest BCUT2D eigenvalue weighted by molar-refractivity contribution is 9.10. The van der Waals surface area contributed by atoms with Crippen LogP contribution in [0.25, 0.3) is 0 Å². The normalized spacial score (nSPS) is 15.0. The van der Waals surface area contributed by atoms with Crippen molar-refractivity contribution in [3.63, 3.8) is 0 Å². The highest BCUT2D eigenvalue weighted by Gasteiger charge is 1.96. The highest BCUT2D eigenvalue weighted by Crippen LogP contribution is 2.17. The van der Waals surface area contributed by atoms with Crippen LogP contribution in [0.5, 0.6) is 0 Å². The van der Waals surface area contributed by atoms with Crippen LogP contribution in [0, 0.1) is 0 Å². The molecule has 1 aromatic rings. The molecule has 3 nitrogen and oxygen atoms in total. The third kappa shape index (κ3) is 3.46. The largest absolute Gasteiger partial charge is 0.235 e. The maximum absolute atomic E-state index is 11.5. The Labute approximate surface area is 87.0 Å². The van der Waals surface area contributed by atoms with Crippen LogP contribution >= 0.6 is 15.9 Å². The number of benzene rings is 1. The van der Waals surface area contributed by atoms with Gasteiger partial charge in [0, 0.05) is 10.7 Å². The van der Waals surface area contributed by atoms with Gasteiger partial charge in [-0.2, -0.15) is 4.36 Å². The van der Waals surface area contributed by atoms with Crippen LogP contribution < -0.4 is 4.72 Å². The molecule has 1 aromatic carbocycles. The summed E-state index contributed by atoms with van der Waals surface area (Å²) in [6, 6.07) is 7.35. The molecule has 0 aliphatic heterocycles. The summed E-state index contributed by atoms with van der Waals surface area (Å²) >= 11 is 3.31. The average Bonchev–Trinajstić information content (AvgIpc) is 2.09. The fourth-order valence-corrected chi connectivity index (χ4v) is 1.63. The van der Waals surface area contributed by atoms with E-state index in [0.717, 1.165) is 4.47 Å². The Kier molecular flexibility index (Phi) is 3.47. The van der Waals surface area contributed by atoms with Crippen molar-refractivity contribution < 1.29 is 4.21 Å². The van der Waals surface area contributed by atoms with E-state index in [1.165, 1.54) is 0 Å². The minimum Gasteiger partial charge on any atom is -0.235 e. The summed E-state index contributed by atoms with van der Waals surface area (Å²) in [6.07, 6.45) is 1.56. The maximum Gasteiger partial charge on any atom is 0.109 e. The van der Waals surface area contributed by atoms with Crippen LogP contribution in [0.1, 0.15) is 0 Å². The Hall–Kier alpha value is -0.390. The van der Waals surface area contributed by atoms with Crippen LogP contribution in [0.15, 0.2) is 33.1 Å². The monoisotopic (exact) mass is 262 g/mol. The van der Waals surface area contributed by atoms with Gasteiger partial charge in [-0.1, -0.05) is 15.9 Å². The Morgan fingerprint density at radius 1 is 1.38 bits per heavy atom. The Morgan fingerprint density at radius 3 is 2.38 bits per heavy atom. The molecule has 0 spiro atoms. The first-order valence-corrected chi connectivity index (χ1v) is 6.41. The van der Waals surface area contributed by atoms with Crippen molar-refractivity contribution >= 4 is 31.5 Å². The van der Waals surface area contributed by atoms with E-state index in [2.05, 4.69) is 25.0 Å². The van der Waals surface area contributed by atoms with Crippen molar-refractivity contribution in [2.45, 2.75) is 0 Å². The second-order valence-corrected chi connectivity index (χ2v) is 5.69. The fraction of sp³-hybridized carbons (Fsp3) is 0.250. The Morgan fingerprint density at radius 2 is 1.92 bits per heavy atom. The van der Waals surface area contributed by atoms with Gasteiger partial charge in [0.15, 0.2) is 0 Å². The SMILES string of the molecule is CNS(C)(=O)=Nc1ccc(Br)cc1. The first-order valence-electron chi connectivity index (χ1n) is 3.70. The van der Waals surface area contributed by atoms with Crippen LogP contribution in [0.4, 0.5) is 5.69 Å². The second-order valence-electron chi connectivity index (χ2n) is 2.57. The van der Waals surface area contributed by atoms with Crippen LogP contribution in [-0.4, -0.2) is 17.5 Å². The molecule has 0 aliphatic rings. The molecule has 1 atom stereocenters. The molecule has 0 saturated carbocycles. The fourth-order valence-electron chi connectivity index (χ4n) is 0.749. The van der Waals surface area contributed by atoms with Crippen molar-refractivity contribution in [3.8, 4) is 0 Å². The first kappa shape index (κ1) is 10.7. The minimum atomic E-state index is -2.28. The minimum absolute atomic E-state index is 0.713. The van der Waals surface area contributed by atoms with Crippen molar-refractivity contribution in [2.24, 2.45) is 4.36 Å². The van der Waals surface area contributed by atoms with Crippen molar-refractivity contribution in [2.75, 3.05) is 13.3 Å². The first-order chi connectivity index (χ1) is 6.03. The predicted molar refractivity (Wildman–Crippen MR) is 59.4 cm³/mol. The lowest BCUT2D eigenvalue weighted by atomic mass is 10.3. The Bertz CT molecular complexity index is 393. The molecule has 5 heteroatoms. The zero-order chi connectivity index (χ0) is 9.90. The van der Waals surface area contributed by atoms with Crippen molar-refractivity contribution in [1.29, 1.82) is 0 Å². The van der Waals surface area contributed by atoms with Gasteiger partial charge in [0.2, 0.25) is 0 Å². The predicted octanol–water partition coefficient (Wildman–Crippen LogP) is 2.31. The molecular weight excluding hydrogens is 252 g/mol. The third-order valence-electron chi connectivity index (χ3n) is 1.48. The number of halogens is 1. The molecular formula is C8H11BrN2OS. The zero-order valence-corrected chi connectivity index (χ0v) is 9.85. The summed E-state index contributed by atoms with van der Waals surface area (Å²) in [5.74, 6) is 0. The standard InChI is InChI=1S/C8H11BrN2OS/c1-10-13(2,12)11-8-5-3-7(9)4-6-8/h3-6H,1-2H3,(H,10,11,12). The number of hydrogen-bond acceptors (Lipinski definition) is 2. The molecule has 72 valence electrons. The molecule has 0 fully saturated rings. The lowest BCUT2D eigenvalue weighted by molar-refractivity contribution is 0.675. The van der Waals surface area contributed by atoms with E-state index in [0.29, 0.717) is 5.69 Å². The molecule has 0 heterocycles. The number of hydrogen-bond donors (Lipinski definition) is 1. The third-order valence-corrected chi connectivity index (χ3v) is 3.33. The molecule has 1 unspecified atom stereocenters. The molecule has 0 aliphatic carbocycles. The van der Waals surface area contributed by atoms with E-state index in [4.69, 9.17) is 0 Å².